The second kappa shape index (κ2) is 6.83. The molecule has 1 unspecified atom stereocenters. The Morgan fingerprint density at radius 3 is 2.81 bits per heavy atom. The molecule has 1 aliphatic carbocycles. The van der Waals surface area contributed by atoms with E-state index in [1.54, 1.807) is 18.2 Å². The molecule has 1 aromatic carbocycles. The maximum atomic E-state index is 15.5. The van der Waals surface area contributed by atoms with Crippen molar-refractivity contribution in [2.45, 2.75) is 37.3 Å². The van der Waals surface area contributed by atoms with Crippen molar-refractivity contribution in [3.63, 3.8) is 0 Å². The molecule has 0 radical (unpaired) electrons. The molecule has 4 rings (SSSR count). The maximum Gasteiger partial charge on any atom is 0.266 e. The van der Waals surface area contributed by atoms with Crippen LogP contribution in [0.25, 0.3) is 0 Å². The van der Waals surface area contributed by atoms with Gasteiger partial charge < -0.3 is 18.9 Å². The van der Waals surface area contributed by atoms with Gasteiger partial charge in [-0.15, -0.1) is 0 Å². The molecule has 1 amide bonds. The lowest BCUT2D eigenvalue weighted by molar-refractivity contribution is 0.0713. The summed E-state index contributed by atoms with van der Waals surface area (Å²) in [5.74, 6) is 1.29. The summed E-state index contributed by atoms with van der Waals surface area (Å²) < 4.78 is 31.2. The Kier molecular flexibility index (Phi) is 4.49. The average Bonchev–Trinajstić information content (AvgIpc) is 3.27. The number of para-hydroxylation sites is 1. The molecule has 1 atom stereocenters. The smallest absolute Gasteiger partial charge is 0.266 e. The van der Waals surface area contributed by atoms with Crippen LogP contribution < -0.4 is 9.47 Å². The van der Waals surface area contributed by atoms with Crippen molar-refractivity contribution in [3.8, 4) is 11.5 Å². The molecule has 7 nitrogen and oxygen atoms in total. The summed E-state index contributed by atoms with van der Waals surface area (Å²) in [6.45, 7) is 0.134. The van der Waals surface area contributed by atoms with Crippen LogP contribution in [0.2, 0.25) is 0 Å². The molecule has 1 aliphatic heterocycles. The van der Waals surface area contributed by atoms with E-state index in [0.717, 1.165) is 19.3 Å². The Bertz CT molecular complexity index is 851. The highest BCUT2D eigenvalue weighted by molar-refractivity contribution is 5.98. The van der Waals surface area contributed by atoms with Crippen molar-refractivity contribution >= 4 is 5.91 Å². The molecule has 0 spiro atoms. The van der Waals surface area contributed by atoms with Gasteiger partial charge in [-0.25, -0.2) is 4.39 Å². The topological polar surface area (TPSA) is 77.7 Å². The number of alkyl halides is 1. The lowest BCUT2D eigenvalue weighted by Gasteiger charge is -2.21. The molecule has 0 N–H and O–H groups in total. The van der Waals surface area contributed by atoms with Gasteiger partial charge in [0.25, 0.3) is 11.8 Å². The monoisotopic (exact) mass is 375 g/mol. The summed E-state index contributed by atoms with van der Waals surface area (Å²) in [6.07, 6.45) is 3.29. The predicted octanol–water partition coefficient (Wildman–Crippen LogP) is 3.07. The molecule has 8 heteroatoms. The normalized spacial score (nSPS) is 22.6. The van der Waals surface area contributed by atoms with Crippen LogP contribution in [0.15, 0.2) is 22.7 Å². The molecule has 1 saturated carbocycles. The molecule has 144 valence electrons. The van der Waals surface area contributed by atoms with Crippen molar-refractivity contribution in [2.75, 3.05) is 27.3 Å². The molecule has 0 bridgehead atoms. The van der Waals surface area contributed by atoms with Gasteiger partial charge in [0.2, 0.25) is 5.67 Å². The van der Waals surface area contributed by atoms with Gasteiger partial charge in [0.15, 0.2) is 17.3 Å². The molecular formula is C19H22FN3O4. The van der Waals surface area contributed by atoms with Gasteiger partial charge >= 0.3 is 0 Å². The summed E-state index contributed by atoms with van der Waals surface area (Å²) in [4.78, 5) is 18.7. The number of amides is 1. The third kappa shape index (κ3) is 3.02. The number of ether oxygens (including phenoxy) is 2. The second-order valence-corrected chi connectivity index (χ2v) is 7.07. The van der Waals surface area contributed by atoms with Crippen molar-refractivity contribution in [1.82, 2.24) is 15.0 Å². The molecule has 2 heterocycles. The van der Waals surface area contributed by atoms with Gasteiger partial charge in [0, 0.05) is 18.9 Å². The van der Waals surface area contributed by atoms with E-state index in [1.165, 1.54) is 19.1 Å². The average molecular weight is 375 g/mol. The first kappa shape index (κ1) is 17.8. The Morgan fingerprint density at radius 1 is 1.33 bits per heavy atom. The van der Waals surface area contributed by atoms with E-state index >= 15 is 4.39 Å². The number of hydrogen-bond donors (Lipinski definition) is 0. The largest absolute Gasteiger partial charge is 0.493 e. The Labute approximate surface area is 156 Å². The number of rotatable bonds is 5. The first-order valence-corrected chi connectivity index (χ1v) is 9.09. The van der Waals surface area contributed by atoms with Crippen molar-refractivity contribution in [1.29, 1.82) is 0 Å². The predicted molar refractivity (Wildman–Crippen MR) is 93.7 cm³/mol. The summed E-state index contributed by atoms with van der Waals surface area (Å²) >= 11 is 0. The molecule has 1 saturated heterocycles. The number of benzene rings is 1. The van der Waals surface area contributed by atoms with Crippen molar-refractivity contribution in [3.05, 3.63) is 35.5 Å². The molecule has 27 heavy (non-hydrogen) atoms. The van der Waals surface area contributed by atoms with E-state index in [1.807, 2.05) is 0 Å². The third-order valence-electron chi connectivity index (χ3n) is 5.44. The van der Waals surface area contributed by atoms with Crippen LogP contribution in [0.4, 0.5) is 4.39 Å². The number of likely N-dealkylation sites (tertiary alicyclic amines) is 1. The standard InChI is InChI=1S/C19H22FN3O4/c1-25-14-8-4-7-13(15(14)26-2)17(24)23-10-9-19(20,11-23)18-21-16(22-27-18)12-5-3-6-12/h4,7-8,12H,3,5-6,9-11H2,1-2H3. The maximum absolute atomic E-state index is 15.5. The summed E-state index contributed by atoms with van der Waals surface area (Å²) in [6, 6.07) is 5.05. The molecule has 2 fully saturated rings. The Morgan fingerprint density at radius 2 is 2.15 bits per heavy atom. The van der Waals surface area contributed by atoms with Gasteiger partial charge in [-0.3, -0.25) is 4.79 Å². The van der Waals surface area contributed by atoms with Crippen LogP contribution >= 0.6 is 0 Å². The van der Waals surface area contributed by atoms with Gasteiger partial charge in [0.1, 0.15) is 0 Å². The number of hydrogen-bond acceptors (Lipinski definition) is 6. The van der Waals surface area contributed by atoms with E-state index < -0.39 is 5.67 Å². The molecular weight excluding hydrogens is 353 g/mol. The summed E-state index contributed by atoms with van der Waals surface area (Å²) in [5.41, 5.74) is -1.49. The SMILES string of the molecule is COc1cccc(C(=O)N2CCC(F)(c3nc(C4CCC4)no3)C2)c1OC. The minimum absolute atomic E-state index is 0.0303. The van der Waals surface area contributed by atoms with Gasteiger partial charge in [-0.2, -0.15) is 4.98 Å². The number of carbonyl (C=O) groups excluding carboxylic acids is 1. The minimum atomic E-state index is -1.82. The lowest BCUT2D eigenvalue weighted by atomic mass is 9.85. The van der Waals surface area contributed by atoms with Gasteiger partial charge in [0.05, 0.1) is 26.3 Å². The van der Waals surface area contributed by atoms with E-state index in [9.17, 15) is 4.79 Å². The summed E-state index contributed by atoms with van der Waals surface area (Å²) in [5, 5.41) is 3.94. The van der Waals surface area contributed by atoms with E-state index in [4.69, 9.17) is 14.0 Å². The van der Waals surface area contributed by atoms with Crippen LogP contribution in [-0.4, -0.2) is 48.3 Å². The zero-order valence-corrected chi connectivity index (χ0v) is 15.4. The van der Waals surface area contributed by atoms with Crippen molar-refractivity contribution < 1.29 is 23.2 Å². The van der Waals surface area contributed by atoms with Crippen LogP contribution in [0.5, 0.6) is 11.5 Å². The Balaban J connectivity index is 1.53. The van der Waals surface area contributed by atoms with Crippen LogP contribution in [0.1, 0.15) is 53.7 Å². The van der Waals surface area contributed by atoms with E-state index in [-0.39, 0.29) is 37.2 Å². The number of methoxy groups -OCH3 is 2. The number of halogens is 1. The number of carbonyl (C=O) groups is 1. The van der Waals surface area contributed by atoms with Crippen LogP contribution in [-0.2, 0) is 5.67 Å². The minimum Gasteiger partial charge on any atom is -0.493 e. The highest BCUT2D eigenvalue weighted by atomic mass is 19.1. The van der Waals surface area contributed by atoms with Crippen LogP contribution in [0, 0.1) is 0 Å². The second-order valence-electron chi connectivity index (χ2n) is 7.07. The van der Waals surface area contributed by atoms with E-state index in [0.29, 0.717) is 22.9 Å². The molecule has 2 aliphatic rings. The fraction of sp³-hybridized carbons (Fsp3) is 0.526. The molecule has 1 aromatic heterocycles. The fourth-order valence-corrected chi connectivity index (χ4v) is 3.60. The molecule has 2 aromatic rings. The zero-order valence-electron chi connectivity index (χ0n) is 15.4. The highest BCUT2D eigenvalue weighted by Gasteiger charge is 2.47. The van der Waals surface area contributed by atoms with Gasteiger partial charge in [-0.1, -0.05) is 17.6 Å². The van der Waals surface area contributed by atoms with Crippen LogP contribution in [0.3, 0.4) is 0 Å². The quantitative estimate of drug-likeness (QED) is 0.799. The third-order valence-corrected chi connectivity index (χ3v) is 5.44. The zero-order chi connectivity index (χ0) is 19.0. The van der Waals surface area contributed by atoms with E-state index in [2.05, 4.69) is 10.1 Å². The fourth-order valence-electron chi connectivity index (χ4n) is 3.60. The number of aromatic nitrogens is 2. The number of nitrogens with zero attached hydrogens (tertiary/aromatic N) is 3. The Hall–Kier alpha value is -2.64. The lowest BCUT2D eigenvalue weighted by Crippen LogP contribution is -2.32. The highest BCUT2D eigenvalue weighted by Crippen LogP contribution is 2.40. The first-order chi connectivity index (χ1) is 13.1. The summed E-state index contributed by atoms with van der Waals surface area (Å²) in [7, 11) is 2.97. The van der Waals surface area contributed by atoms with Gasteiger partial charge in [-0.05, 0) is 25.0 Å². The van der Waals surface area contributed by atoms with Crippen molar-refractivity contribution in [2.24, 2.45) is 0 Å². The first-order valence-electron chi connectivity index (χ1n) is 9.09.